The molecule has 2 bridgehead atoms. The molecule has 1 amide bonds. The molecule has 0 radical (unpaired) electrons. The van der Waals surface area contributed by atoms with Gasteiger partial charge in [0.25, 0.3) is 5.91 Å². The maximum absolute atomic E-state index is 13.4. The van der Waals surface area contributed by atoms with Crippen molar-refractivity contribution in [2.24, 2.45) is 0 Å². The molecule has 1 N–H and O–H groups in total. The van der Waals surface area contributed by atoms with Crippen molar-refractivity contribution in [3.8, 4) is 5.75 Å². The molecule has 3 aliphatic carbocycles. The van der Waals surface area contributed by atoms with Gasteiger partial charge in [0.15, 0.2) is 6.61 Å². The Hall–Kier alpha value is -2.40. The van der Waals surface area contributed by atoms with Crippen molar-refractivity contribution < 1.29 is 31.5 Å². The summed E-state index contributed by atoms with van der Waals surface area (Å²) in [5.41, 5.74) is -0.642. The number of nitrogens with zero attached hydrogens (tertiary/aromatic N) is 3. The first kappa shape index (κ1) is 22.4. The van der Waals surface area contributed by atoms with Crippen LogP contribution in [0.15, 0.2) is 22.6 Å². The molecule has 0 spiro atoms. The van der Waals surface area contributed by atoms with E-state index >= 15 is 0 Å². The zero-order valence-electron chi connectivity index (χ0n) is 17.6. The fourth-order valence-electron chi connectivity index (χ4n) is 5.00. The van der Waals surface area contributed by atoms with E-state index in [-0.39, 0.29) is 53.2 Å². The quantitative estimate of drug-likeness (QED) is 0.600. The number of amides is 1. The number of hydrogen-bond donors (Lipinski definition) is 1. The van der Waals surface area contributed by atoms with Gasteiger partial charge in [-0.3, -0.25) is 9.69 Å². The van der Waals surface area contributed by atoms with Crippen LogP contribution in [0.2, 0.25) is 5.02 Å². The van der Waals surface area contributed by atoms with Crippen LogP contribution < -0.4 is 10.1 Å². The number of benzene rings is 1. The smallest absolute Gasteiger partial charge is 0.403 e. The number of ether oxygens (including phenoxy) is 1. The molecule has 12 heteroatoms. The van der Waals surface area contributed by atoms with Crippen LogP contribution in [0, 0.1) is 5.82 Å². The van der Waals surface area contributed by atoms with Gasteiger partial charge in [0.05, 0.1) is 16.4 Å². The SMILES string of the molecule is C[C@H](N1CC(c2nnc(C34CC(NC(=O)COc5ccc(Cl)c(F)c5)(C3)C4)o2)C1)C(F)(F)F. The van der Waals surface area contributed by atoms with E-state index in [1.807, 2.05) is 0 Å². The zero-order valence-corrected chi connectivity index (χ0v) is 18.3. The minimum Gasteiger partial charge on any atom is -0.484 e. The minimum absolute atomic E-state index is 0.0272. The maximum atomic E-state index is 13.4. The molecule has 1 atom stereocenters. The summed E-state index contributed by atoms with van der Waals surface area (Å²) in [6.45, 7) is 1.35. The first-order chi connectivity index (χ1) is 15.5. The van der Waals surface area contributed by atoms with Crippen molar-refractivity contribution in [2.75, 3.05) is 19.7 Å². The Kier molecular flexibility index (Phi) is 5.13. The Morgan fingerprint density at radius 2 is 2.03 bits per heavy atom. The van der Waals surface area contributed by atoms with Crippen molar-refractivity contribution in [1.29, 1.82) is 0 Å². The molecule has 3 saturated carbocycles. The third-order valence-electron chi connectivity index (χ3n) is 6.87. The normalized spacial score (nSPS) is 27.8. The second kappa shape index (κ2) is 7.56. The molecule has 1 aromatic heterocycles. The summed E-state index contributed by atoms with van der Waals surface area (Å²) >= 11 is 5.62. The molecular formula is C21H21ClF4N4O3. The van der Waals surface area contributed by atoms with E-state index < -0.39 is 18.0 Å². The van der Waals surface area contributed by atoms with Crippen LogP contribution in [0.1, 0.15) is 43.9 Å². The van der Waals surface area contributed by atoms with E-state index in [1.54, 1.807) is 0 Å². The monoisotopic (exact) mass is 488 g/mol. The van der Waals surface area contributed by atoms with Crippen LogP contribution in [0.25, 0.3) is 0 Å². The second-order valence-corrected chi connectivity index (χ2v) is 9.72. The highest BCUT2D eigenvalue weighted by molar-refractivity contribution is 6.30. The van der Waals surface area contributed by atoms with Crippen LogP contribution in [-0.4, -0.2) is 58.5 Å². The van der Waals surface area contributed by atoms with Gasteiger partial charge in [0, 0.05) is 24.7 Å². The number of carbonyl (C=O) groups is 1. The minimum atomic E-state index is -4.26. The third-order valence-corrected chi connectivity index (χ3v) is 7.18. The molecule has 2 heterocycles. The third kappa shape index (κ3) is 3.95. The van der Waals surface area contributed by atoms with Crippen LogP contribution in [0.3, 0.4) is 0 Å². The van der Waals surface area contributed by atoms with Crippen LogP contribution in [0.5, 0.6) is 5.75 Å². The van der Waals surface area contributed by atoms with E-state index in [2.05, 4.69) is 15.5 Å². The Bertz CT molecular complexity index is 1070. The van der Waals surface area contributed by atoms with E-state index in [0.29, 0.717) is 31.0 Å². The fourth-order valence-corrected chi connectivity index (χ4v) is 5.12. The molecule has 4 aliphatic rings. The molecule has 178 valence electrons. The van der Waals surface area contributed by atoms with Gasteiger partial charge in [-0.05, 0) is 38.3 Å². The molecule has 4 fully saturated rings. The zero-order chi connectivity index (χ0) is 23.6. The highest BCUT2D eigenvalue weighted by Crippen LogP contribution is 2.67. The highest BCUT2D eigenvalue weighted by Gasteiger charge is 2.72. The predicted molar refractivity (Wildman–Crippen MR) is 107 cm³/mol. The molecule has 33 heavy (non-hydrogen) atoms. The number of halogens is 5. The Labute approximate surface area is 191 Å². The molecule has 1 aliphatic heterocycles. The first-order valence-electron chi connectivity index (χ1n) is 10.5. The molecule has 0 unspecified atom stereocenters. The van der Waals surface area contributed by atoms with E-state index in [1.165, 1.54) is 17.0 Å². The predicted octanol–water partition coefficient (Wildman–Crippen LogP) is 3.58. The van der Waals surface area contributed by atoms with Gasteiger partial charge in [0.1, 0.15) is 17.6 Å². The van der Waals surface area contributed by atoms with Gasteiger partial charge in [-0.25, -0.2) is 4.39 Å². The Morgan fingerprint density at radius 3 is 2.67 bits per heavy atom. The van der Waals surface area contributed by atoms with Gasteiger partial charge in [-0.15, -0.1) is 10.2 Å². The van der Waals surface area contributed by atoms with Gasteiger partial charge in [0.2, 0.25) is 11.8 Å². The van der Waals surface area contributed by atoms with E-state index in [0.717, 1.165) is 13.0 Å². The largest absolute Gasteiger partial charge is 0.484 e. The number of carbonyl (C=O) groups excluding carboxylic acids is 1. The van der Waals surface area contributed by atoms with Gasteiger partial charge in [-0.2, -0.15) is 13.2 Å². The fraction of sp³-hybridized carbons (Fsp3) is 0.571. The number of rotatable bonds is 7. The summed E-state index contributed by atoms with van der Waals surface area (Å²) in [4.78, 5) is 13.6. The van der Waals surface area contributed by atoms with Gasteiger partial charge >= 0.3 is 6.18 Å². The van der Waals surface area contributed by atoms with Crippen molar-refractivity contribution in [1.82, 2.24) is 20.4 Å². The summed E-state index contributed by atoms with van der Waals surface area (Å²) < 4.78 is 63.0. The Balaban J connectivity index is 1.09. The summed E-state index contributed by atoms with van der Waals surface area (Å²) in [5.74, 6) is -0.103. The topological polar surface area (TPSA) is 80.5 Å². The van der Waals surface area contributed by atoms with Crippen molar-refractivity contribution >= 4 is 17.5 Å². The van der Waals surface area contributed by atoms with E-state index in [9.17, 15) is 22.4 Å². The number of likely N-dealkylation sites (tertiary alicyclic amines) is 1. The summed E-state index contributed by atoms with van der Waals surface area (Å²) in [6, 6.07) is 2.45. The molecule has 1 aromatic carbocycles. The lowest BCUT2D eigenvalue weighted by Crippen LogP contribution is -2.77. The molecular weight excluding hydrogens is 468 g/mol. The maximum Gasteiger partial charge on any atom is 0.403 e. The lowest BCUT2D eigenvalue weighted by molar-refractivity contribution is -0.190. The standard InChI is InChI=1S/C21H21ClF4N4O3/c1-11(21(24,25)26)30-5-12(6-30)17-28-29-18(33-17)19-8-20(9-19,10-19)27-16(31)7-32-13-2-3-14(22)15(23)4-13/h2-4,11-12H,5-10H2,1H3,(H,27,31)/t11-,19?,20?/m0/s1. The molecule has 6 rings (SSSR count). The summed E-state index contributed by atoms with van der Waals surface area (Å²) in [5, 5.41) is 11.1. The number of aromatic nitrogens is 2. The molecule has 1 saturated heterocycles. The van der Waals surface area contributed by atoms with Crippen molar-refractivity contribution in [3.05, 3.63) is 40.8 Å². The van der Waals surface area contributed by atoms with E-state index in [4.69, 9.17) is 20.8 Å². The van der Waals surface area contributed by atoms with Crippen LogP contribution in [-0.2, 0) is 10.2 Å². The number of nitrogens with one attached hydrogen (secondary N) is 1. The first-order valence-corrected chi connectivity index (χ1v) is 10.9. The lowest BCUT2D eigenvalue weighted by Gasteiger charge is -2.68. The lowest BCUT2D eigenvalue weighted by atomic mass is 9.39. The van der Waals surface area contributed by atoms with Crippen molar-refractivity contribution in [3.63, 3.8) is 0 Å². The average Bonchev–Trinajstić information content (AvgIpc) is 3.11. The number of hydrogen-bond acceptors (Lipinski definition) is 6. The summed E-state index contributed by atoms with van der Waals surface area (Å²) in [6.07, 6.45) is -2.33. The highest BCUT2D eigenvalue weighted by atomic mass is 35.5. The molecule has 2 aromatic rings. The van der Waals surface area contributed by atoms with Crippen LogP contribution >= 0.6 is 11.6 Å². The van der Waals surface area contributed by atoms with Gasteiger partial charge in [-0.1, -0.05) is 11.6 Å². The van der Waals surface area contributed by atoms with Crippen LogP contribution in [0.4, 0.5) is 17.6 Å². The summed E-state index contributed by atoms with van der Waals surface area (Å²) in [7, 11) is 0. The number of alkyl halides is 3. The molecule has 7 nitrogen and oxygen atoms in total. The van der Waals surface area contributed by atoms with Crippen molar-refractivity contribution in [2.45, 2.75) is 55.3 Å². The average molecular weight is 489 g/mol. The van der Waals surface area contributed by atoms with Gasteiger partial charge < -0.3 is 14.5 Å². The second-order valence-electron chi connectivity index (χ2n) is 9.32. The Morgan fingerprint density at radius 1 is 1.33 bits per heavy atom.